The molecule has 1 aromatic heterocycles. The zero-order valence-corrected chi connectivity index (χ0v) is 17.6. The van der Waals surface area contributed by atoms with Crippen LogP contribution in [-0.4, -0.2) is 44.3 Å². The third kappa shape index (κ3) is 6.24. The smallest absolute Gasteiger partial charge is 0.373 e. The predicted octanol–water partition coefficient (Wildman–Crippen LogP) is 2.57. The number of nitrogens with zero attached hydrogens (tertiary/aromatic N) is 2. The molecule has 0 aliphatic carbocycles. The van der Waals surface area contributed by atoms with Gasteiger partial charge >= 0.3 is 7.05 Å². The summed E-state index contributed by atoms with van der Waals surface area (Å²) in [5, 5.41) is 13.0. The van der Waals surface area contributed by atoms with Crippen LogP contribution in [0.2, 0.25) is 12.0 Å². The Morgan fingerprint density at radius 3 is 2.58 bits per heavy atom. The molecule has 1 heterocycles. The maximum atomic E-state index is 12.4. The molecule has 0 unspecified atom stereocenters. The first-order valence-corrected chi connectivity index (χ1v) is 11.0. The minimum atomic E-state index is -3.56. The minimum absolute atomic E-state index is 0.133. The molecule has 6 nitrogen and oxygen atoms in total. The number of sulfonamides is 1. The van der Waals surface area contributed by atoms with E-state index in [2.05, 4.69) is 26.1 Å². The van der Waals surface area contributed by atoms with E-state index in [4.69, 9.17) is 11.6 Å². The summed E-state index contributed by atoms with van der Waals surface area (Å²) in [5.41, 5.74) is 1.43. The van der Waals surface area contributed by atoms with Crippen LogP contribution in [0.5, 0.6) is 0 Å². The van der Waals surface area contributed by atoms with Gasteiger partial charge in [0.25, 0.3) is 0 Å². The molecular formula is C16H20BBrClN3O3S. The molecule has 0 saturated carbocycles. The van der Waals surface area contributed by atoms with Gasteiger partial charge in [0.2, 0.25) is 10.0 Å². The van der Waals surface area contributed by atoms with Crippen LogP contribution in [0.1, 0.15) is 5.56 Å². The molecule has 1 atom stereocenters. The van der Waals surface area contributed by atoms with Gasteiger partial charge < -0.3 is 10.3 Å². The first kappa shape index (κ1) is 21.2. The van der Waals surface area contributed by atoms with E-state index in [1.54, 1.807) is 12.9 Å². The largest absolute Gasteiger partial charge is 0.437 e. The van der Waals surface area contributed by atoms with Crippen molar-refractivity contribution >= 4 is 50.3 Å². The van der Waals surface area contributed by atoms with Crippen molar-refractivity contribution in [3.63, 3.8) is 0 Å². The molecule has 0 saturated heterocycles. The Hall–Kier alpha value is -1.13. The summed E-state index contributed by atoms with van der Waals surface area (Å²) >= 11 is 9.18. The van der Waals surface area contributed by atoms with E-state index in [1.807, 2.05) is 30.3 Å². The second-order valence-corrected chi connectivity index (χ2v) is 9.11. The number of halogens is 2. The molecule has 2 aromatic rings. The third-order valence-electron chi connectivity index (χ3n) is 3.66. The van der Waals surface area contributed by atoms with Crippen molar-refractivity contribution < 1.29 is 13.4 Å². The van der Waals surface area contributed by atoms with Gasteiger partial charge in [0.05, 0.1) is 22.6 Å². The summed E-state index contributed by atoms with van der Waals surface area (Å²) in [6, 6.07) is 11.0. The summed E-state index contributed by atoms with van der Waals surface area (Å²) in [7, 11) is -4.34. The number of hydrogen-bond donors (Lipinski definition) is 2. The van der Waals surface area contributed by atoms with E-state index in [0.29, 0.717) is 16.6 Å². The van der Waals surface area contributed by atoms with Crippen molar-refractivity contribution in [2.75, 3.05) is 17.1 Å². The lowest BCUT2D eigenvalue weighted by Gasteiger charge is -2.29. The maximum Gasteiger partial charge on any atom is 0.373 e. The average molecular weight is 461 g/mol. The van der Waals surface area contributed by atoms with E-state index in [9.17, 15) is 13.4 Å². The fraction of sp³-hybridized carbons (Fsp3) is 0.312. The Labute approximate surface area is 167 Å². The molecular weight excluding hydrogens is 440 g/mol. The molecule has 1 aromatic carbocycles. The summed E-state index contributed by atoms with van der Waals surface area (Å²) in [4.78, 5) is 4.01. The SMILES string of the molecule is CB(O)N[C@@H](Cc1ccccc1)CN(c1cnc(Cl)c(Br)c1)S(C)(=O)=O. The first-order valence-electron chi connectivity index (χ1n) is 7.93. The first-order chi connectivity index (χ1) is 12.2. The van der Waals surface area contributed by atoms with Crippen molar-refractivity contribution in [3.8, 4) is 0 Å². The van der Waals surface area contributed by atoms with Crippen molar-refractivity contribution in [2.45, 2.75) is 19.3 Å². The molecule has 0 radical (unpaired) electrons. The molecule has 2 N–H and O–H groups in total. The van der Waals surface area contributed by atoms with Crippen LogP contribution in [-0.2, 0) is 16.4 Å². The molecule has 26 heavy (non-hydrogen) atoms. The van der Waals surface area contributed by atoms with Gasteiger partial charge in [-0.3, -0.25) is 4.31 Å². The Morgan fingerprint density at radius 1 is 1.38 bits per heavy atom. The van der Waals surface area contributed by atoms with Crippen LogP contribution < -0.4 is 9.53 Å². The lowest BCUT2D eigenvalue weighted by molar-refractivity contribution is 0.511. The second kappa shape index (κ2) is 9.19. The lowest BCUT2D eigenvalue weighted by Crippen LogP contribution is -2.49. The number of hydrogen-bond acceptors (Lipinski definition) is 5. The molecule has 0 aliphatic heterocycles. The van der Waals surface area contributed by atoms with Crippen molar-refractivity contribution in [1.29, 1.82) is 0 Å². The Balaban J connectivity index is 2.31. The molecule has 2 rings (SSSR count). The number of benzene rings is 1. The summed E-state index contributed by atoms with van der Waals surface area (Å²) in [6.07, 6.45) is 3.10. The van der Waals surface area contributed by atoms with E-state index in [0.717, 1.165) is 11.8 Å². The molecule has 0 amide bonds. The Bertz CT molecular complexity index is 840. The van der Waals surface area contributed by atoms with Crippen LogP contribution >= 0.6 is 27.5 Å². The number of anilines is 1. The van der Waals surface area contributed by atoms with Gasteiger partial charge in [0, 0.05) is 12.6 Å². The standard InChI is InChI=1S/C16H20BBrClN3O3S/c1-17(23)21-13(8-12-6-4-3-5-7-12)11-22(26(2,24)25)14-9-15(18)16(19)20-10-14/h3-7,9-10,13,21,23H,8,11H2,1-2H3/t13-/m0/s1. The van der Waals surface area contributed by atoms with Crippen molar-refractivity contribution in [2.24, 2.45) is 0 Å². The van der Waals surface area contributed by atoms with E-state index in [-0.39, 0.29) is 17.7 Å². The normalized spacial score (nSPS) is 12.7. The highest BCUT2D eigenvalue weighted by atomic mass is 79.9. The van der Waals surface area contributed by atoms with Crippen LogP contribution in [0.3, 0.4) is 0 Å². The third-order valence-corrected chi connectivity index (χ3v) is 5.95. The predicted molar refractivity (Wildman–Crippen MR) is 110 cm³/mol. The molecule has 0 spiro atoms. The molecule has 10 heteroatoms. The highest BCUT2D eigenvalue weighted by molar-refractivity contribution is 9.10. The highest BCUT2D eigenvalue weighted by Crippen LogP contribution is 2.27. The van der Waals surface area contributed by atoms with Crippen LogP contribution in [0, 0.1) is 0 Å². The Morgan fingerprint density at radius 2 is 2.04 bits per heavy atom. The topological polar surface area (TPSA) is 82.5 Å². The molecule has 0 fully saturated rings. The summed E-state index contributed by atoms with van der Waals surface area (Å²) in [5.74, 6) is 0. The number of rotatable bonds is 8. The Kier molecular flexibility index (Phi) is 7.48. The zero-order valence-electron chi connectivity index (χ0n) is 14.4. The maximum absolute atomic E-state index is 12.4. The van der Waals surface area contributed by atoms with E-state index < -0.39 is 17.1 Å². The molecule has 0 aliphatic rings. The molecule has 140 valence electrons. The zero-order chi connectivity index (χ0) is 19.3. The van der Waals surface area contributed by atoms with Gasteiger partial charge in [-0.1, -0.05) is 41.9 Å². The average Bonchev–Trinajstić information content (AvgIpc) is 2.54. The van der Waals surface area contributed by atoms with Crippen LogP contribution in [0.4, 0.5) is 5.69 Å². The van der Waals surface area contributed by atoms with Crippen LogP contribution in [0.15, 0.2) is 47.1 Å². The van der Waals surface area contributed by atoms with E-state index in [1.165, 1.54) is 10.5 Å². The van der Waals surface area contributed by atoms with Crippen molar-refractivity contribution in [1.82, 2.24) is 10.2 Å². The van der Waals surface area contributed by atoms with Gasteiger partial charge in [-0.05, 0) is 40.8 Å². The van der Waals surface area contributed by atoms with Gasteiger partial charge in [-0.25, -0.2) is 13.4 Å². The van der Waals surface area contributed by atoms with Gasteiger partial charge in [-0.15, -0.1) is 0 Å². The minimum Gasteiger partial charge on any atom is -0.437 e. The monoisotopic (exact) mass is 459 g/mol. The quantitative estimate of drug-likeness (QED) is 0.467. The lowest BCUT2D eigenvalue weighted by atomic mass is 9.86. The number of pyridine rings is 1. The van der Waals surface area contributed by atoms with Crippen molar-refractivity contribution in [3.05, 3.63) is 57.8 Å². The highest BCUT2D eigenvalue weighted by Gasteiger charge is 2.24. The number of aromatic nitrogens is 1. The van der Waals surface area contributed by atoms with E-state index >= 15 is 0 Å². The van der Waals surface area contributed by atoms with Gasteiger partial charge in [0.15, 0.2) is 0 Å². The van der Waals surface area contributed by atoms with Crippen LogP contribution in [0.25, 0.3) is 0 Å². The fourth-order valence-corrected chi connectivity index (χ4v) is 3.97. The fourth-order valence-electron chi connectivity index (χ4n) is 2.60. The number of nitrogens with one attached hydrogen (secondary N) is 1. The summed E-state index contributed by atoms with van der Waals surface area (Å²) in [6.45, 7) is 1.73. The van der Waals surface area contributed by atoms with Gasteiger partial charge in [-0.2, -0.15) is 0 Å². The molecule has 0 bridgehead atoms. The summed E-state index contributed by atoms with van der Waals surface area (Å²) < 4.78 is 26.5. The second-order valence-electron chi connectivity index (χ2n) is 5.99. The van der Waals surface area contributed by atoms with Gasteiger partial charge in [0.1, 0.15) is 5.15 Å².